The molecule has 0 aliphatic rings. The van der Waals surface area contributed by atoms with Crippen molar-refractivity contribution in [2.24, 2.45) is 0 Å². The van der Waals surface area contributed by atoms with Gasteiger partial charge in [-0.15, -0.1) is 11.6 Å². The van der Waals surface area contributed by atoms with Gasteiger partial charge in [0.1, 0.15) is 0 Å². The monoisotopic (exact) mass is 349 g/mol. The van der Waals surface area contributed by atoms with Gasteiger partial charge in [0.2, 0.25) is 0 Å². The topological polar surface area (TPSA) is 55.3 Å². The molecule has 0 aromatic heterocycles. The average Bonchev–Trinajstić information content (AvgIpc) is 2.60. The first-order chi connectivity index (χ1) is 11.6. The normalized spacial score (nSPS) is 9.21. The second kappa shape index (κ2) is 13.6. The number of anilines is 3. The molecule has 0 aliphatic heterocycles. The zero-order valence-electron chi connectivity index (χ0n) is 15.4. The zero-order valence-corrected chi connectivity index (χ0v) is 16.2. The molecule has 0 spiro atoms. The third kappa shape index (κ3) is 9.31. The largest absolute Gasteiger partial charge is 0.399 e. The first-order valence-electron chi connectivity index (χ1n) is 8.55. The average molecular weight is 350 g/mol. The highest BCUT2D eigenvalue weighted by Gasteiger charge is 2.03. The molecular weight excluding hydrogens is 318 g/mol. The quantitative estimate of drug-likeness (QED) is 0.566. The Balaban J connectivity index is 0.000000447. The lowest BCUT2D eigenvalue weighted by molar-refractivity contribution is 0.794. The fraction of sp³-hybridized carbons (Fsp3) is 0.400. The Morgan fingerprint density at radius 2 is 1.29 bits per heavy atom. The number of nitrogens with two attached hydrogens (primary N) is 2. The van der Waals surface area contributed by atoms with Crippen LogP contribution >= 0.6 is 11.6 Å². The Kier molecular flexibility index (Phi) is 12.5. The molecule has 0 amide bonds. The van der Waals surface area contributed by atoms with Crippen LogP contribution in [0, 0.1) is 6.92 Å². The van der Waals surface area contributed by atoms with Gasteiger partial charge in [0.05, 0.1) is 0 Å². The maximum atomic E-state index is 5.75. The molecule has 4 heteroatoms. The van der Waals surface area contributed by atoms with E-state index in [1.807, 2.05) is 69.3 Å². The first-order valence-corrected chi connectivity index (χ1v) is 9.09. The third-order valence-corrected chi connectivity index (χ3v) is 3.35. The number of halogens is 1. The summed E-state index contributed by atoms with van der Waals surface area (Å²) < 4.78 is 0. The predicted molar refractivity (Wildman–Crippen MR) is 111 cm³/mol. The van der Waals surface area contributed by atoms with Gasteiger partial charge in [0.25, 0.3) is 0 Å². The maximum Gasteiger partial charge on any atom is 0.0399 e. The summed E-state index contributed by atoms with van der Waals surface area (Å²) in [5.41, 5.74) is 15.1. The fourth-order valence-corrected chi connectivity index (χ4v) is 2.20. The van der Waals surface area contributed by atoms with E-state index in [4.69, 9.17) is 23.1 Å². The van der Waals surface area contributed by atoms with Gasteiger partial charge in [-0.25, -0.2) is 0 Å². The van der Waals surface area contributed by atoms with E-state index in [0.29, 0.717) is 5.88 Å². The van der Waals surface area contributed by atoms with Crippen LogP contribution in [-0.4, -0.2) is 19.0 Å². The van der Waals surface area contributed by atoms with Gasteiger partial charge < -0.3 is 16.4 Å². The Morgan fingerprint density at radius 1 is 0.833 bits per heavy atom. The Morgan fingerprint density at radius 3 is 1.67 bits per heavy atom. The minimum atomic E-state index is 0.657. The summed E-state index contributed by atoms with van der Waals surface area (Å²) in [6.45, 7) is 10.1. The second-order valence-corrected chi connectivity index (χ2v) is 5.56. The molecular formula is C20H32ClN3. The van der Waals surface area contributed by atoms with Gasteiger partial charge in [-0.2, -0.15) is 0 Å². The van der Waals surface area contributed by atoms with Crippen LogP contribution in [-0.2, 0) is 0 Å². The number of nitrogen functional groups attached to an aromatic ring is 2. The summed E-state index contributed by atoms with van der Waals surface area (Å²) in [7, 11) is 0. The Hall–Kier alpha value is -1.87. The highest BCUT2D eigenvalue weighted by Crippen LogP contribution is 2.16. The molecule has 2 rings (SSSR count). The van der Waals surface area contributed by atoms with E-state index in [-0.39, 0.29) is 0 Å². The van der Waals surface area contributed by atoms with Crippen molar-refractivity contribution < 1.29 is 0 Å². The standard InChI is InChI=1S/C11H17ClN2.C7H9N.C2H6/c1-2-8-14(9-7-12)11-5-3-10(13)4-6-11;1-6-2-4-7(8)5-3-6;1-2/h3-6H,2,7-9,13H2,1H3;2-5H,8H2,1H3;1-2H3. The molecule has 0 atom stereocenters. The second-order valence-electron chi connectivity index (χ2n) is 5.18. The van der Waals surface area contributed by atoms with Gasteiger partial charge in [-0.3, -0.25) is 0 Å². The molecule has 2 aromatic carbocycles. The lowest BCUT2D eigenvalue weighted by atomic mass is 10.2. The van der Waals surface area contributed by atoms with Crippen LogP contribution in [0.3, 0.4) is 0 Å². The van der Waals surface area contributed by atoms with Crippen LogP contribution in [0.15, 0.2) is 48.5 Å². The summed E-state index contributed by atoms with van der Waals surface area (Å²) in [6, 6.07) is 15.7. The van der Waals surface area contributed by atoms with Crippen molar-refractivity contribution in [3.63, 3.8) is 0 Å². The number of benzene rings is 2. The molecule has 0 saturated heterocycles. The highest BCUT2D eigenvalue weighted by molar-refractivity contribution is 6.18. The van der Waals surface area contributed by atoms with E-state index in [1.165, 1.54) is 11.3 Å². The molecule has 0 heterocycles. The number of alkyl halides is 1. The lowest BCUT2D eigenvalue weighted by Crippen LogP contribution is -2.26. The molecule has 3 nitrogen and oxygen atoms in total. The maximum absolute atomic E-state index is 5.75. The number of rotatable bonds is 5. The fourth-order valence-electron chi connectivity index (χ4n) is 1.99. The van der Waals surface area contributed by atoms with E-state index in [1.54, 1.807) is 0 Å². The SMILES string of the molecule is CC.CCCN(CCCl)c1ccc(N)cc1.Cc1ccc(N)cc1. The number of aryl methyl sites for hydroxylation is 1. The summed E-state index contributed by atoms with van der Waals surface area (Å²) >= 11 is 5.75. The zero-order chi connectivity index (χ0) is 18.4. The summed E-state index contributed by atoms with van der Waals surface area (Å²) in [6.07, 6.45) is 1.13. The van der Waals surface area contributed by atoms with E-state index in [0.717, 1.165) is 30.9 Å². The molecule has 0 saturated carbocycles. The van der Waals surface area contributed by atoms with Crippen molar-refractivity contribution in [1.82, 2.24) is 0 Å². The molecule has 0 bridgehead atoms. The summed E-state index contributed by atoms with van der Waals surface area (Å²) in [4.78, 5) is 2.27. The lowest BCUT2D eigenvalue weighted by Gasteiger charge is -2.23. The van der Waals surface area contributed by atoms with Gasteiger partial charge in [-0.05, 0) is 49.7 Å². The third-order valence-electron chi connectivity index (χ3n) is 3.18. The smallest absolute Gasteiger partial charge is 0.0399 e. The van der Waals surface area contributed by atoms with Crippen molar-refractivity contribution >= 4 is 28.7 Å². The van der Waals surface area contributed by atoms with E-state index >= 15 is 0 Å². The molecule has 4 N–H and O–H groups in total. The van der Waals surface area contributed by atoms with E-state index in [2.05, 4.69) is 11.8 Å². The van der Waals surface area contributed by atoms with Crippen LogP contribution in [0.4, 0.5) is 17.1 Å². The molecule has 134 valence electrons. The van der Waals surface area contributed by atoms with Gasteiger partial charge in [0.15, 0.2) is 0 Å². The summed E-state index contributed by atoms with van der Waals surface area (Å²) in [5.74, 6) is 0.657. The first kappa shape index (κ1) is 22.1. The minimum absolute atomic E-state index is 0.657. The van der Waals surface area contributed by atoms with E-state index < -0.39 is 0 Å². The van der Waals surface area contributed by atoms with E-state index in [9.17, 15) is 0 Å². The van der Waals surface area contributed by atoms with Crippen LogP contribution in [0.25, 0.3) is 0 Å². The molecule has 0 fully saturated rings. The molecule has 0 radical (unpaired) electrons. The van der Waals surface area contributed by atoms with Crippen LogP contribution in [0.2, 0.25) is 0 Å². The predicted octanol–water partition coefficient (Wildman–Crippen LogP) is 5.33. The van der Waals surface area contributed by atoms with Crippen LogP contribution < -0.4 is 16.4 Å². The molecule has 0 unspecified atom stereocenters. The number of hydrogen-bond donors (Lipinski definition) is 2. The van der Waals surface area contributed by atoms with Crippen LogP contribution in [0.1, 0.15) is 32.8 Å². The molecule has 0 aliphatic carbocycles. The highest BCUT2D eigenvalue weighted by atomic mass is 35.5. The molecule has 2 aromatic rings. The van der Waals surface area contributed by atoms with Crippen molar-refractivity contribution in [3.8, 4) is 0 Å². The molecule has 24 heavy (non-hydrogen) atoms. The Bertz CT molecular complexity index is 497. The van der Waals surface area contributed by atoms with Crippen molar-refractivity contribution in [3.05, 3.63) is 54.1 Å². The van der Waals surface area contributed by atoms with Crippen molar-refractivity contribution in [2.45, 2.75) is 34.1 Å². The minimum Gasteiger partial charge on any atom is -0.399 e. The number of nitrogens with zero attached hydrogens (tertiary/aromatic N) is 1. The van der Waals surface area contributed by atoms with Crippen molar-refractivity contribution in [1.29, 1.82) is 0 Å². The summed E-state index contributed by atoms with van der Waals surface area (Å²) in [5, 5.41) is 0. The van der Waals surface area contributed by atoms with Gasteiger partial charge >= 0.3 is 0 Å². The number of hydrogen-bond acceptors (Lipinski definition) is 3. The van der Waals surface area contributed by atoms with Gasteiger partial charge in [0, 0.05) is 36.0 Å². The van der Waals surface area contributed by atoms with Crippen molar-refractivity contribution in [2.75, 3.05) is 35.3 Å². The van der Waals surface area contributed by atoms with Gasteiger partial charge in [-0.1, -0.05) is 38.5 Å². The Labute approximate surface area is 152 Å². The van der Waals surface area contributed by atoms with Crippen LogP contribution in [0.5, 0.6) is 0 Å².